The minimum atomic E-state index is 0. The molecule has 0 saturated carbocycles. The molecule has 6 nitrogen and oxygen atoms in total. The van der Waals surface area contributed by atoms with Crippen LogP contribution >= 0.6 is 24.0 Å². The number of nitrogens with one attached hydrogen (secondary N) is 2. The topological polar surface area (TPSA) is 60.0 Å². The number of amides is 1. The van der Waals surface area contributed by atoms with Crippen LogP contribution in [0.5, 0.6) is 0 Å². The van der Waals surface area contributed by atoms with Gasteiger partial charge in [0.25, 0.3) is 0 Å². The van der Waals surface area contributed by atoms with Crippen molar-refractivity contribution in [2.24, 2.45) is 10.9 Å². The molecule has 2 aliphatic heterocycles. The molecule has 0 radical (unpaired) electrons. The summed E-state index contributed by atoms with van der Waals surface area (Å²) in [5.74, 6) is 1.75. The van der Waals surface area contributed by atoms with Crippen LogP contribution < -0.4 is 10.6 Å². The zero-order chi connectivity index (χ0) is 22.1. The van der Waals surface area contributed by atoms with E-state index in [9.17, 15) is 4.79 Å². The summed E-state index contributed by atoms with van der Waals surface area (Å²) in [4.78, 5) is 22.0. The summed E-state index contributed by atoms with van der Waals surface area (Å²) >= 11 is 0. The molecule has 0 bridgehead atoms. The number of aliphatic imine (C=N–C) groups is 1. The number of rotatable bonds is 8. The average molecular weight is 556 g/mol. The predicted molar refractivity (Wildman–Crippen MR) is 143 cm³/mol. The Morgan fingerprint density at radius 2 is 1.97 bits per heavy atom. The molecule has 1 amide bonds. The van der Waals surface area contributed by atoms with Gasteiger partial charge in [0.05, 0.1) is 6.54 Å². The van der Waals surface area contributed by atoms with Gasteiger partial charge in [0.1, 0.15) is 0 Å². The molecule has 32 heavy (non-hydrogen) atoms. The largest absolute Gasteiger partial charge is 0.357 e. The minimum absolute atomic E-state index is 0. The highest BCUT2D eigenvalue weighted by Gasteiger charge is 2.36. The molecule has 3 rings (SSSR count). The molecule has 2 fully saturated rings. The van der Waals surface area contributed by atoms with E-state index in [0.717, 1.165) is 38.6 Å². The van der Waals surface area contributed by atoms with Crippen molar-refractivity contribution in [3.8, 4) is 0 Å². The van der Waals surface area contributed by atoms with Crippen LogP contribution in [0.15, 0.2) is 35.3 Å². The van der Waals surface area contributed by atoms with Crippen molar-refractivity contribution in [3.05, 3.63) is 35.9 Å². The van der Waals surface area contributed by atoms with Crippen LogP contribution in [0.2, 0.25) is 0 Å². The van der Waals surface area contributed by atoms with Crippen molar-refractivity contribution in [3.63, 3.8) is 0 Å². The Kier molecular flexibility index (Phi) is 11.8. The SMILES string of the molecule is CCNC(=NCCC(=O)NC(C)CC)N1CCC2C(CCCN2Cc2ccccc2)C1.I. The van der Waals surface area contributed by atoms with E-state index in [0.29, 0.717) is 24.9 Å². The predicted octanol–water partition coefficient (Wildman–Crippen LogP) is 3.86. The number of benzene rings is 1. The smallest absolute Gasteiger partial charge is 0.222 e. The number of likely N-dealkylation sites (tertiary alicyclic amines) is 2. The molecule has 180 valence electrons. The maximum atomic E-state index is 12.1. The number of carbonyl (C=O) groups is 1. The monoisotopic (exact) mass is 555 g/mol. The van der Waals surface area contributed by atoms with Crippen molar-refractivity contribution in [2.75, 3.05) is 32.7 Å². The summed E-state index contributed by atoms with van der Waals surface area (Å²) in [7, 11) is 0. The number of fused-ring (bicyclic) bond motifs is 1. The summed E-state index contributed by atoms with van der Waals surface area (Å²) in [5.41, 5.74) is 1.41. The van der Waals surface area contributed by atoms with Gasteiger partial charge in [-0.25, -0.2) is 0 Å². The fourth-order valence-corrected chi connectivity index (χ4v) is 4.85. The van der Waals surface area contributed by atoms with Crippen molar-refractivity contribution in [2.45, 2.75) is 71.5 Å². The number of carbonyl (C=O) groups excluding carboxylic acids is 1. The maximum Gasteiger partial charge on any atom is 0.222 e. The van der Waals surface area contributed by atoms with Gasteiger partial charge in [-0.15, -0.1) is 24.0 Å². The zero-order valence-corrected chi connectivity index (χ0v) is 22.4. The highest BCUT2D eigenvalue weighted by molar-refractivity contribution is 14.0. The van der Waals surface area contributed by atoms with Crippen LogP contribution in [0.1, 0.15) is 58.4 Å². The molecule has 7 heteroatoms. The molecule has 0 aliphatic carbocycles. The van der Waals surface area contributed by atoms with E-state index in [1.807, 2.05) is 6.92 Å². The molecular weight excluding hydrogens is 513 g/mol. The molecular formula is C25H42IN5O. The number of hydrogen-bond donors (Lipinski definition) is 2. The van der Waals surface area contributed by atoms with Gasteiger partial charge in [-0.2, -0.15) is 0 Å². The van der Waals surface area contributed by atoms with E-state index >= 15 is 0 Å². The molecule has 2 aliphatic rings. The molecule has 3 atom stereocenters. The lowest BCUT2D eigenvalue weighted by Crippen LogP contribution is -2.56. The summed E-state index contributed by atoms with van der Waals surface area (Å²) < 4.78 is 0. The second kappa shape index (κ2) is 14.0. The third-order valence-corrected chi connectivity index (χ3v) is 6.67. The quantitative estimate of drug-likeness (QED) is 0.291. The summed E-state index contributed by atoms with van der Waals surface area (Å²) in [5, 5.41) is 6.48. The van der Waals surface area contributed by atoms with E-state index in [1.54, 1.807) is 0 Å². The molecule has 0 aromatic heterocycles. The van der Waals surface area contributed by atoms with Crippen LogP contribution in [0.25, 0.3) is 0 Å². The van der Waals surface area contributed by atoms with Gasteiger partial charge >= 0.3 is 0 Å². The van der Waals surface area contributed by atoms with Crippen LogP contribution in [0.4, 0.5) is 0 Å². The number of guanidine groups is 1. The molecule has 2 saturated heterocycles. The van der Waals surface area contributed by atoms with Gasteiger partial charge < -0.3 is 15.5 Å². The fraction of sp³-hybridized carbons (Fsp3) is 0.680. The summed E-state index contributed by atoms with van der Waals surface area (Å²) in [6, 6.07) is 11.8. The van der Waals surface area contributed by atoms with E-state index in [1.165, 1.54) is 31.4 Å². The third kappa shape index (κ3) is 7.90. The Bertz CT molecular complexity index is 714. The Hall–Kier alpha value is -1.35. The van der Waals surface area contributed by atoms with Gasteiger partial charge in [0.15, 0.2) is 5.96 Å². The first-order valence-electron chi connectivity index (χ1n) is 12.2. The van der Waals surface area contributed by atoms with Crippen LogP contribution in [0, 0.1) is 5.92 Å². The first-order chi connectivity index (χ1) is 15.1. The molecule has 0 spiro atoms. The first kappa shape index (κ1) is 26.9. The van der Waals surface area contributed by atoms with Crippen molar-refractivity contribution in [1.29, 1.82) is 0 Å². The van der Waals surface area contributed by atoms with Gasteiger partial charge in [-0.1, -0.05) is 37.3 Å². The van der Waals surface area contributed by atoms with Crippen LogP contribution in [0.3, 0.4) is 0 Å². The van der Waals surface area contributed by atoms with E-state index < -0.39 is 0 Å². The number of nitrogens with zero attached hydrogens (tertiary/aromatic N) is 3. The van der Waals surface area contributed by atoms with Gasteiger partial charge in [-0.05, 0) is 57.6 Å². The Labute approximate surface area is 211 Å². The molecule has 1 aromatic rings. The highest BCUT2D eigenvalue weighted by atomic mass is 127. The number of piperidine rings is 2. The molecule has 3 unspecified atom stereocenters. The second-order valence-electron chi connectivity index (χ2n) is 9.02. The van der Waals surface area contributed by atoms with Gasteiger partial charge in [-0.3, -0.25) is 14.7 Å². The van der Waals surface area contributed by atoms with Crippen LogP contribution in [-0.2, 0) is 11.3 Å². The van der Waals surface area contributed by atoms with Gasteiger partial charge in [0, 0.05) is 44.7 Å². The lowest BCUT2D eigenvalue weighted by atomic mass is 9.83. The Balaban J connectivity index is 0.00000363. The van der Waals surface area contributed by atoms with E-state index in [2.05, 4.69) is 64.6 Å². The molecule has 2 N–H and O–H groups in total. The van der Waals surface area contributed by atoms with Crippen molar-refractivity contribution < 1.29 is 4.79 Å². The maximum absolute atomic E-state index is 12.1. The average Bonchev–Trinajstić information content (AvgIpc) is 2.79. The lowest BCUT2D eigenvalue weighted by molar-refractivity contribution is -0.121. The van der Waals surface area contributed by atoms with E-state index in [-0.39, 0.29) is 35.9 Å². The Morgan fingerprint density at radius 1 is 1.19 bits per heavy atom. The first-order valence-corrected chi connectivity index (χ1v) is 12.2. The highest BCUT2D eigenvalue weighted by Crippen LogP contribution is 2.31. The summed E-state index contributed by atoms with van der Waals surface area (Å²) in [6.45, 7) is 12.0. The number of hydrogen-bond acceptors (Lipinski definition) is 3. The zero-order valence-electron chi connectivity index (χ0n) is 20.1. The second-order valence-corrected chi connectivity index (χ2v) is 9.02. The van der Waals surface area contributed by atoms with Crippen molar-refractivity contribution >= 4 is 35.8 Å². The third-order valence-electron chi connectivity index (χ3n) is 6.67. The van der Waals surface area contributed by atoms with Crippen molar-refractivity contribution in [1.82, 2.24) is 20.4 Å². The van der Waals surface area contributed by atoms with Crippen LogP contribution in [-0.4, -0.2) is 66.5 Å². The minimum Gasteiger partial charge on any atom is -0.357 e. The Morgan fingerprint density at radius 3 is 2.69 bits per heavy atom. The molecule has 1 aromatic carbocycles. The summed E-state index contributed by atoms with van der Waals surface area (Å²) in [6.07, 6.45) is 5.14. The molecule has 2 heterocycles. The fourth-order valence-electron chi connectivity index (χ4n) is 4.85. The van der Waals surface area contributed by atoms with E-state index in [4.69, 9.17) is 4.99 Å². The van der Waals surface area contributed by atoms with Gasteiger partial charge in [0.2, 0.25) is 5.91 Å². The normalized spacial score (nSPS) is 22.5. The lowest BCUT2D eigenvalue weighted by Gasteiger charge is -2.48. The standard InChI is InChI=1S/C25H41N5O.HI/c1-4-20(3)28-24(31)13-15-27-25(26-5-2)30-17-14-23-22(19-30)12-9-16-29(23)18-21-10-7-6-8-11-21;/h6-8,10-11,20,22-23H,4-5,9,12-19H2,1-3H3,(H,26,27)(H,28,31);1H. The number of halogens is 1.